The summed E-state index contributed by atoms with van der Waals surface area (Å²) in [4.78, 5) is 6.84. The van der Waals surface area contributed by atoms with Crippen molar-refractivity contribution in [3.63, 3.8) is 0 Å². The zero-order valence-electron chi connectivity index (χ0n) is 13.9. The molecule has 118 valence electrons. The fourth-order valence-corrected chi connectivity index (χ4v) is 2.83. The second-order valence-corrected chi connectivity index (χ2v) is 6.40. The Balaban J connectivity index is 1.92. The topological polar surface area (TPSA) is 40.0 Å². The first kappa shape index (κ1) is 15.6. The van der Waals surface area contributed by atoms with Crippen LogP contribution < -0.4 is 0 Å². The molecule has 3 rings (SSSR count). The molecule has 3 nitrogen and oxygen atoms in total. The second kappa shape index (κ2) is 6.47. The molecule has 1 aromatic heterocycles. The van der Waals surface area contributed by atoms with Crippen LogP contribution in [0.1, 0.15) is 30.0 Å². The predicted molar refractivity (Wildman–Crippen MR) is 95.9 cm³/mol. The van der Waals surface area contributed by atoms with E-state index in [-0.39, 0.29) is 0 Å². The maximum absolute atomic E-state index is 8.23. The van der Waals surface area contributed by atoms with Crippen molar-refractivity contribution in [3.8, 4) is 11.1 Å². The Morgan fingerprint density at radius 3 is 2.65 bits per heavy atom. The molecule has 1 saturated heterocycles. The molecule has 1 aromatic carbocycles. The van der Waals surface area contributed by atoms with E-state index in [1.165, 1.54) is 25.1 Å². The van der Waals surface area contributed by atoms with E-state index >= 15 is 0 Å². The van der Waals surface area contributed by atoms with E-state index in [9.17, 15) is 0 Å². The van der Waals surface area contributed by atoms with E-state index in [2.05, 4.69) is 40.7 Å². The van der Waals surface area contributed by atoms with E-state index < -0.39 is 0 Å². The molecule has 23 heavy (non-hydrogen) atoms. The van der Waals surface area contributed by atoms with Crippen LogP contribution in [0.5, 0.6) is 0 Å². The molecule has 0 amide bonds. The number of hydrogen-bond acceptors (Lipinski definition) is 3. The maximum atomic E-state index is 8.23. The number of benzene rings is 1. The molecule has 0 unspecified atom stereocenters. The average Bonchev–Trinajstić information content (AvgIpc) is 2.51. The van der Waals surface area contributed by atoms with Crippen LogP contribution in [-0.4, -0.2) is 28.7 Å². The van der Waals surface area contributed by atoms with Gasteiger partial charge >= 0.3 is 0 Å². The number of aromatic nitrogens is 1. The molecule has 1 N–H and O–H groups in total. The van der Waals surface area contributed by atoms with Gasteiger partial charge in [-0.1, -0.05) is 18.7 Å². The summed E-state index contributed by atoms with van der Waals surface area (Å²) in [5.41, 5.74) is 6.81. The van der Waals surface area contributed by atoms with Crippen LogP contribution >= 0.6 is 0 Å². The summed E-state index contributed by atoms with van der Waals surface area (Å²) >= 11 is 0. The van der Waals surface area contributed by atoms with Crippen molar-refractivity contribution >= 4 is 5.71 Å². The number of allylic oxidation sites excluding steroid dienone is 1. The van der Waals surface area contributed by atoms with Gasteiger partial charge in [0, 0.05) is 30.1 Å². The molecule has 0 aliphatic carbocycles. The third kappa shape index (κ3) is 3.40. The number of nitrogens with one attached hydrogen (secondary N) is 1. The summed E-state index contributed by atoms with van der Waals surface area (Å²) in [5.74, 6) is 0. The molecule has 0 bridgehead atoms. The predicted octanol–water partition coefficient (Wildman–Crippen LogP) is 4.21. The third-order valence-corrected chi connectivity index (χ3v) is 4.42. The lowest BCUT2D eigenvalue weighted by molar-refractivity contribution is 0.172. The highest BCUT2D eigenvalue weighted by atomic mass is 15.2. The monoisotopic (exact) mass is 305 g/mol. The molecule has 0 radical (unpaired) electrons. The van der Waals surface area contributed by atoms with Gasteiger partial charge in [-0.2, -0.15) is 0 Å². The fourth-order valence-electron chi connectivity index (χ4n) is 2.83. The van der Waals surface area contributed by atoms with E-state index in [1.54, 1.807) is 0 Å². The van der Waals surface area contributed by atoms with Crippen LogP contribution in [0.3, 0.4) is 0 Å². The van der Waals surface area contributed by atoms with Crippen molar-refractivity contribution in [3.05, 3.63) is 65.5 Å². The van der Waals surface area contributed by atoms with Crippen molar-refractivity contribution in [2.24, 2.45) is 0 Å². The van der Waals surface area contributed by atoms with Crippen molar-refractivity contribution in [2.75, 3.05) is 13.1 Å². The zero-order valence-corrected chi connectivity index (χ0v) is 13.9. The largest absolute Gasteiger partial charge is 0.300 e. The minimum Gasteiger partial charge on any atom is -0.300 e. The van der Waals surface area contributed by atoms with Gasteiger partial charge in [0.05, 0.1) is 5.71 Å². The minimum atomic E-state index is 0.508. The zero-order chi connectivity index (χ0) is 16.4. The Morgan fingerprint density at radius 2 is 2.00 bits per heavy atom. The molecular weight excluding hydrogens is 282 g/mol. The van der Waals surface area contributed by atoms with Crippen molar-refractivity contribution < 1.29 is 0 Å². The van der Waals surface area contributed by atoms with E-state index in [0.717, 1.165) is 34.4 Å². The number of nitrogens with zero attached hydrogens (tertiary/aromatic N) is 2. The SMILES string of the molecule is C=C(C)C(=N)c1cc(-c2cncc(CN3CCC3)c2)ccc1C. The first-order valence-corrected chi connectivity index (χ1v) is 8.06. The van der Waals surface area contributed by atoms with Crippen LogP contribution in [0.25, 0.3) is 11.1 Å². The lowest BCUT2D eigenvalue weighted by atomic mass is 9.95. The van der Waals surface area contributed by atoms with Gasteiger partial charge in [-0.3, -0.25) is 9.88 Å². The highest BCUT2D eigenvalue weighted by Gasteiger charge is 2.14. The van der Waals surface area contributed by atoms with Crippen LogP contribution in [0, 0.1) is 12.3 Å². The molecular formula is C20H23N3. The Kier molecular flexibility index (Phi) is 4.39. The van der Waals surface area contributed by atoms with E-state index in [0.29, 0.717) is 5.71 Å². The maximum Gasteiger partial charge on any atom is 0.0638 e. The van der Waals surface area contributed by atoms with Crippen molar-refractivity contribution in [1.29, 1.82) is 5.41 Å². The fraction of sp³-hybridized carbons (Fsp3) is 0.300. The smallest absolute Gasteiger partial charge is 0.0638 e. The molecule has 0 spiro atoms. The molecule has 1 aliphatic heterocycles. The van der Waals surface area contributed by atoms with Crippen LogP contribution in [0.2, 0.25) is 0 Å². The van der Waals surface area contributed by atoms with E-state index in [1.807, 2.05) is 26.2 Å². The highest BCUT2D eigenvalue weighted by Crippen LogP contribution is 2.25. The molecule has 0 atom stereocenters. The summed E-state index contributed by atoms with van der Waals surface area (Å²) < 4.78 is 0. The van der Waals surface area contributed by atoms with Crippen LogP contribution in [0.15, 0.2) is 48.8 Å². The summed E-state index contributed by atoms with van der Waals surface area (Å²) in [6, 6.07) is 8.47. The van der Waals surface area contributed by atoms with Gasteiger partial charge in [-0.05, 0) is 67.8 Å². The van der Waals surface area contributed by atoms with Crippen molar-refractivity contribution in [2.45, 2.75) is 26.8 Å². The molecule has 1 aliphatic rings. The van der Waals surface area contributed by atoms with Gasteiger partial charge in [0.25, 0.3) is 0 Å². The van der Waals surface area contributed by atoms with E-state index in [4.69, 9.17) is 5.41 Å². The third-order valence-electron chi connectivity index (χ3n) is 4.42. The van der Waals surface area contributed by atoms with Crippen molar-refractivity contribution in [1.82, 2.24) is 9.88 Å². The lowest BCUT2D eigenvalue weighted by Gasteiger charge is -2.30. The normalized spacial score (nSPS) is 14.3. The van der Waals surface area contributed by atoms with Gasteiger partial charge < -0.3 is 5.41 Å². The second-order valence-electron chi connectivity index (χ2n) is 6.40. The van der Waals surface area contributed by atoms with Gasteiger partial charge in [0.1, 0.15) is 0 Å². The number of rotatable bonds is 5. The Bertz CT molecular complexity index is 757. The lowest BCUT2D eigenvalue weighted by Crippen LogP contribution is -2.36. The number of aryl methyl sites for hydroxylation is 1. The average molecular weight is 305 g/mol. The van der Waals surface area contributed by atoms with Gasteiger partial charge in [0.2, 0.25) is 0 Å². The summed E-state index contributed by atoms with van der Waals surface area (Å²) in [6.07, 6.45) is 5.16. The molecule has 1 fully saturated rings. The van der Waals surface area contributed by atoms with Crippen LogP contribution in [-0.2, 0) is 6.54 Å². The quantitative estimate of drug-likeness (QED) is 0.841. The Morgan fingerprint density at radius 1 is 1.22 bits per heavy atom. The number of pyridine rings is 1. The number of likely N-dealkylation sites (tertiary alicyclic amines) is 1. The number of hydrogen-bond donors (Lipinski definition) is 1. The minimum absolute atomic E-state index is 0.508. The molecule has 3 heteroatoms. The molecule has 0 saturated carbocycles. The van der Waals surface area contributed by atoms with Gasteiger partial charge in [-0.25, -0.2) is 0 Å². The Labute approximate surface area is 138 Å². The van der Waals surface area contributed by atoms with Gasteiger partial charge in [0.15, 0.2) is 0 Å². The van der Waals surface area contributed by atoms with Crippen LogP contribution in [0.4, 0.5) is 0 Å². The Hall–Kier alpha value is -2.26. The first-order valence-electron chi connectivity index (χ1n) is 8.06. The first-order chi connectivity index (χ1) is 11.0. The van der Waals surface area contributed by atoms with Gasteiger partial charge in [-0.15, -0.1) is 0 Å². The summed E-state index contributed by atoms with van der Waals surface area (Å²) in [7, 11) is 0. The molecule has 2 aromatic rings. The molecule has 2 heterocycles. The highest BCUT2D eigenvalue weighted by molar-refractivity contribution is 6.11. The standard InChI is InChI=1S/C20H23N3/c1-14(2)20(21)19-10-17(6-5-15(19)3)18-9-16(11-22-12-18)13-23-7-4-8-23/h5-6,9-12,21H,1,4,7-8,13H2,2-3H3. The summed E-state index contributed by atoms with van der Waals surface area (Å²) in [6.45, 7) is 11.2. The summed E-state index contributed by atoms with van der Waals surface area (Å²) in [5, 5.41) is 8.23.